The van der Waals surface area contributed by atoms with Crippen molar-refractivity contribution in [2.45, 2.75) is 17.2 Å². The molecule has 3 amide bonds. The highest BCUT2D eigenvalue weighted by molar-refractivity contribution is 6.52. The number of carbonyl (C=O) groups is 3. The number of benzene rings is 2. The van der Waals surface area contributed by atoms with Crippen molar-refractivity contribution >= 4 is 69.6 Å². The van der Waals surface area contributed by atoms with E-state index >= 15 is 0 Å². The monoisotopic (exact) mass is 529 g/mol. The van der Waals surface area contributed by atoms with Crippen LogP contribution in [0.4, 0.5) is 39.0 Å². The third-order valence-electron chi connectivity index (χ3n) is 4.49. The van der Waals surface area contributed by atoms with Crippen LogP contribution in [0, 0.1) is 23.4 Å². The number of amides is 3. The number of hydrogen-bond donors (Lipinski definition) is 3. The summed E-state index contributed by atoms with van der Waals surface area (Å²) in [7, 11) is 0. The molecule has 0 radical (unpaired) electrons. The lowest BCUT2D eigenvalue weighted by molar-refractivity contribution is -0.126. The second-order valence-corrected chi connectivity index (χ2v) is 8.80. The van der Waals surface area contributed by atoms with Gasteiger partial charge in [0.05, 0.1) is 27.9 Å². The molecule has 176 valence electrons. The number of halogens is 8. The Morgan fingerprint density at radius 2 is 1.61 bits per heavy atom. The molecule has 0 aromatic heterocycles. The zero-order chi connectivity index (χ0) is 24.7. The normalized spacial score (nSPS) is 16.3. The maximum absolute atomic E-state index is 14.5. The van der Waals surface area contributed by atoms with Crippen LogP contribution in [0.5, 0.6) is 0 Å². The van der Waals surface area contributed by atoms with E-state index in [1.807, 2.05) is 5.32 Å². The standard InChI is InChI=1S/C19H11Cl3F5N3O3/c20-8-4-10(24)12(29-17(32)7-5-19(7,21)22)3-6(8)16(31)28-11-2-1-9(23)14(13(11)25)30-18(33)15(26)27/h1-4,7,15H,5H2,(H,28,31)(H,29,32)(H,30,33). The first-order valence-electron chi connectivity index (χ1n) is 8.88. The van der Waals surface area contributed by atoms with Crippen LogP contribution in [0.1, 0.15) is 16.8 Å². The average molecular weight is 531 g/mol. The molecule has 14 heteroatoms. The van der Waals surface area contributed by atoms with Crippen molar-refractivity contribution in [1.82, 2.24) is 0 Å². The van der Waals surface area contributed by atoms with E-state index in [1.54, 1.807) is 0 Å². The van der Waals surface area contributed by atoms with E-state index in [0.29, 0.717) is 12.1 Å². The summed E-state index contributed by atoms with van der Waals surface area (Å²) >= 11 is 17.4. The molecule has 33 heavy (non-hydrogen) atoms. The van der Waals surface area contributed by atoms with Crippen molar-refractivity contribution in [2.24, 2.45) is 5.92 Å². The number of anilines is 3. The smallest absolute Gasteiger partial charge is 0.315 e. The second kappa shape index (κ2) is 9.32. The van der Waals surface area contributed by atoms with Crippen molar-refractivity contribution in [3.8, 4) is 0 Å². The molecule has 1 aliphatic rings. The van der Waals surface area contributed by atoms with Crippen LogP contribution in [0.25, 0.3) is 0 Å². The van der Waals surface area contributed by atoms with Gasteiger partial charge in [-0.3, -0.25) is 14.4 Å². The number of nitrogens with one attached hydrogen (secondary N) is 3. The molecule has 0 bridgehead atoms. The predicted molar refractivity (Wildman–Crippen MR) is 112 cm³/mol. The molecular formula is C19H11Cl3F5N3O3. The summed E-state index contributed by atoms with van der Waals surface area (Å²) in [5, 5.41) is 5.16. The summed E-state index contributed by atoms with van der Waals surface area (Å²) < 4.78 is 66.0. The Hall–Kier alpha value is -2.63. The van der Waals surface area contributed by atoms with Gasteiger partial charge in [-0.2, -0.15) is 8.78 Å². The molecule has 0 spiro atoms. The van der Waals surface area contributed by atoms with Crippen LogP contribution in [0.2, 0.25) is 5.02 Å². The van der Waals surface area contributed by atoms with E-state index in [-0.39, 0.29) is 6.42 Å². The molecule has 2 aromatic carbocycles. The molecule has 6 nitrogen and oxygen atoms in total. The van der Waals surface area contributed by atoms with Crippen LogP contribution >= 0.6 is 34.8 Å². The first kappa shape index (κ1) is 25.0. The Morgan fingerprint density at radius 3 is 2.18 bits per heavy atom. The molecule has 1 saturated carbocycles. The molecule has 1 aliphatic carbocycles. The topological polar surface area (TPSA) is 87.3 Å². The minimum Gasteiger partial charge on any atom is -0.323 e. The zero-order valence-corrected chi connectivity index (χ0v) is 18.2. The SMILES string of the molecule is O=C(Nc1ccc(F)c(NC(=O)C(F)F)c1F)c1cc(NC(=O)C2CC2(Cl)Cl)c(F)cc1Cl. The summed E-state index contributed by atoms with van der Waals surface area (Å²) in [6, 6.07) is 2.94. The summed E-state index contributed by atoms with van der Waals surface area (Å²) in [6.07, 6.45) is -3.41. The van der Waals surface area contributed by atoms with Gasteiger partial charge in [-0.25, -0.2) is 13.2 Å². The molecule has 0 aliphatic heterocycles. The van der Waals surface area contributed by atoms with E-state index in [0.717, 1.165) is 12.1 Å². The van der Waals surface area contributed by atoms with Crippen molar-refractivity contribution in [1.29, 1.82) is 0 Å². The van der Waals surface area contributed by atoms with Crippen LogP contribution in [0.15, 0.2) is 24.3 Å². The minimum atomic E-state index is -3.55. The fourth-order valence-corrected chi connectivity index (χ4v) is 3.41. The molecule has 1 unspecified atom stereocenters. The van der Waals surface area contributed by atoms with Crippen LogP contribution < -0.4 is 16.0 Å². The van der Waals surface area contributed by atoms with Gasteiger partial charge in [0.15, 0.2) is 5.82 Å². The van der Waals surface area contributed by atoms with Gasteiger partial charge in [0.1, 0.15) is 21.7 Å². The first-order chi connectivity index (χ1) is 15.3. The Morgan fingerprint density at radius 1 is 0.970 bits per heavy atom. The van der Waals surface area contributed by atoms with Gasteiger partial charge in [-0.05, 0) is 30.7 Å². The summed E-state index contributed by atoms with van der Waals surface area (Å²) in [5.41, 5.74) is -2.79. The third kappa shape index (κ3) is 5.48. The lowest BCUT2D eigenvalue weighted by Gasteiger charge is -2.14. The molecule has 0 heterocycles. The average Bonchev–Trinajstić information content (AvgIpc) is 3.37. The number of carbonyl (C=O) groups excluding carboxylic acids is 3. The quantitative estimate of drug-likeness (QED) is 0.348. The van der Waals surface area contributed by atoms with Crippen LogP contribution in [0.3, 0.4) is 0 Å². The van der Waals surface area contributed by atoms with E-state index in [2.05, 4.69) is 5.32 Å². The largest absolute Gasteiger partial charge is 0.323 e. The zero-order valence-electron chi connectivity index (χ0n) is 15.9. The Labute approximate surface area is 197 Å². The molecule has 2 aromatic rings. The first-order valence-corrected chi connectivity index (χ1v) is 10.0. The third-order valence-corrected chi connectivity index (χ3v) is 5.64. The lowest BCUT2D eigenvalue weighted by atomic mass is 10.1. The highest BCUT2D eigenvalue weighted by Crippen LogP contribution is 2.53. The van der Waals surface area contributed by atoms with Gasteiger partial charge in [0.25, 0.3) is 11.8 Å². The number of alkyl halides is 4. The second-order valence-electron chi connectivity index (χ2n) is 6.85. The Kier molecular flexibility index (Phi) is 7.06. The molecule has 3 rings (SSSR count). The van der Waals surface area contributed by atoms with E-state index < -0.39 is 79.5 Å². The number of rotatable bonds is 6. The van der Waals surface area contributed by atoms with Gasteiger partial charge in [0.2, 0.25) is 5.91 Å². The van der Waals surface area contributed by atoms with Crippen molar-refractivity contribution < 1.29 is 36.3 Å². The van der Waals surface area contributed by atoms with Crippen molar-refractivity contribution in [2.75, 3.05) is 16.0 Å². The lowest BCUT2D eigenvalue weighted by Crippen LogP contribution is -2.22. The van der Waals surface area contributed by atoms with Crippen molar-refractivity contribution in [3.63, 3.8) is 0 Å². The maximum atomic E-state index is 14.5. The van der Waals surface area contributed by atoms with Crippen molar-refractivity contribution in [3.05, 3.63) is 52.3 Å². The minimum absolute atomic E-state index is 0.138. The van der Waals surface area contributed by atoms with Gasteiger partial charge < -0.3 is 16.0 Å². The maximum Gasteiger partial charge on any atom is 0.315 e. The van der Waals surface area contributed by atoms with Gasteiger partial charge in [-0.15, -0.1) is 23.2 Å². The number of hydrogen-bond acceptors (Lipinski definition) is 3. The molecule has 1 fully saturated rings. The molecule has 3 N–H and O–H groups in total. The Balaban J connectivity index is 1.84. The fraction of sp³-hybridized carbons (Fsp3) is 0.211. The highest BCUT2D eigenvalue weighted by atomic mass is 35.5. The van der Waals surface area contributed by atoms with Crippen LogP contribution in [-0.4, -0.2) is 28.5 Å². The van der Waals surface area contributed by atoms with Gasteiger partial charge >= 0.3 is 6.43 Å². The summed E-state index contributed by atoms with van der Waals surface area (Å²) in [5.74, 6) is -8.53. The van der Waals surface area contributed by atoms with Crippen LogP contribution in [-0.2, 0) is 9.59 Å². The summed E-state index contributed by atoms with van der Waals surface area (Å²) in [4.78, 5) is 35.7. The van der Waals surface area contributed by atoms with E-state index in [9.17, 15) is 36.3 Å². The molecule has 0 saturated heterocycles. The molecule has 1 atom stereocenters. The summed E-state index contributed by atoms with van der Waals surface area (Å²) in [6.45, 7) is 0. The van der Waals surface area contributed by atoms with Gasteiger partial charge in [0, 0.05) is 0 Å². The van der Waals surface area contributed by atoms with E-state index in [1.165, 1.54) is 5.32 Å². The fourth-order valence-electron chi connectivity index (χ4n) is 2.67. The predicted octanol–water partition coefficient (Wildman–Crippen LogP) is 5.35. The van der Waals surface area contributed by atoms with E-state index in [4.69, 9.17) is 34.8 Å². The van der Waals surface area contributed by atoms with Gasteiger partial charge in [-0.1, -0.05) is 11.6 Å². The molecular weight excluding hydrogens is 520 g/mol. The highest BCUT2D eigenvalue weighted by Gasteiger charge is 2.56. The Bertz CT molecular complexity index is 1160.